The van der Waals surface area contributed by atoms with Crippen LogP contribution in [0.15, 0.2) is 76.3 Å². The van der Waals surface area contributed by atoms with Gasteiger partial charge in [-0.15, -0.1) is 0 Å². The van der Waals surface area contributed by atoms with Gasteiger partial charge >= 0.3 is 0 Å². The van der Waals surface area contributed by atoms with Gasteiger partial charge in [-0.2, -0.15) is 5.10 Å². The van der Waals surface area contributed by atoms with E-state index in [2.05, 4.69) is 56.2 Å². The first-order valence-electron chi connectivity index (χ1n) is 9.85. The number of rotatable bonds is 3. The van der Waals surface area contributed by atoms with E-state index < -0.39 is 0 Å². The molecule has 2 heterocycles. The zero-order valence-corrected chi connectivity index (χ0v) is 19.1. The van der Waals surface area contributed by atoms with Crippen LogP contribution in [-0.2, 0) is 0 Å². The summed E-state index contributed by atoms with van der Waals surface area (Å²) in [5, 5.41) is 7.84. The topological polar surface area (TPSA) is 28.1 Å². The number of hydrogen-bond donors (Lipinski definition) is 0. The maximum absolute atomic E-state index is 6.45. The number of benzene rings is 3. The lowest BCUT2D eigenvalue weighted by Gasteiger charge is -2.38. The Morgan fingerprint density at radius 3 is 2.47 bits per heavy atom. The van der Waals surface area contributed by atoms with Crippen molar-refractivity contribution in [2.45, 2.75) is 18.7 Å². The molecule has 4 nitrogen and oxygen atoms in total. The number of ether oxygens (including phenoxy) is 1. The van der Waals surface area contributed by atoms with E-state index in [1.165, 1.54) is 0 Å². The van der Waals surface area contributed by atoms with Gasteiger partial charge in [-0.25, -0.2) is 5.01 Å². The minimum atomic E-state index is -0.273. The lowest BCUT2D eigenvalue weighted by molar-refractivity contribution is -0.0190. The fourth-order valence-electron chi connectivity index (χ4n) is 4.03. The fraction of sp³-hybridized carbons (Fsp3) is 0.208. The van der Waals surface area contributed by atoms with Gasteiger partial charge in [0.2, 0.25) is 6.23 Å². The third-order valence-corrected chi connectivity index (χ3v) is 6.37. The molecule has 152 valence electrons. The Balaban J connectivity index is 1.57. The highest BCUT2D eigenvalue weighted by Crippen LogP contribution is 2.48. The summed E-state index contributed by atoms with van der Waals surface area (Å²) in [6.45, 7) is 0. The van der Waals surface area contributed by atoms with Crippen LogP contribution in [0.2, 0.25) is 5.02 Å². The van der Waals surface area contributed by atoms with E-state index in [9.17, 15) is 0 Å². The molecule has 2 aliphatic heterocycles. The first-order chi connectivity index (χ1) is 14.5. The fourth-order valence-corrected chi connectivity index (χ4v) is 4.54. The van der Waals surface area contributed by atoms with Crippen LogP contribution in [0.25, 0.3) is 0 Å². The molecule has 5 rings (SSSR count). The summed E-state index contributed by atoms with van der Waals surface area (Å²) < 4.78 is 7.49. The van der Waals surface area contributed by atoms with Gasteiger partial charge in [-0.1, -0.05) is 51.8 Å². The molecule has 3 aromatic rings. The van der Waals surface area contributed by atoms with Crippen molar-refractivity contribution < 1.29 is 4.74 Å². The van der Waals surface area contributed by atoms with Crippen LogP contribution in [0.5, 0.6) is 5.75 Å². The second-order valence-corrected chi connectivity index (χ2v) is 9.14. The molecule has 0 amide bonds. The molecule has 6 heteroatoms. The van der Waals surface area contributed by atoms with Gasteiger partial charge in [0.15, 0.2) is 0 Å². The summed E-state index contributed by atoms with van der Waals surface area (Å²) >= 11 is 9.69. The first kappa shape index (κ1) is 19.5. The maximum atomic E-state index is 6.45. The zero-order valence-electron chi connectivity index (χ0n) is 16.7. The van der Waals surface area contributed by atoms with Crippen LogP contribution in [0.4, 0.5) is 5.69 Å². The molecule has 2 aliphatic rings. The highest BCUT2D eigenvalue weighted by Gasteiger charge is 2.41. The van der Waals surface area contributed by atoms with E-state index in [4.69, 9.17) is 21.4 Å². The Bertz CT molecular complexity index is 1110. The summed E-state index contributed by atoms with van der Waals surface area (Å²) in [6.07, 6.45) is 0.547. The van der Waals surface area contributed by atoms with Crippen LogP contribution in [0.3, 0.4) is 0 Å². The Kier molecular flexibility index (Phi) is 4.95. The average molecular weight is 483 g/mol. The van der Waals surface area contributed by atoms with Crippen molar-refractivity contribution in [2.24, 2.45) is 5.10 Å². The Morgan fingerprint density at radius 2 is 1.77 bits per heavy atom. The van der Waals surface area contributed by atoms with Crippen molar-refractivity contribution in [3.05, 3.63) is 92.9 Å². The largest absolute Gasteiger partial charge is 0.464 e. The molecular formula is C24H21BrClN3O. The van der Waals surface area contributed by atoms with Crippen molar-refractivity contribution >= 4 is 38.9 Å². The quantitative estimate of drug-likeness (QED) is 0.432. The van der Waals surface area contributed by atoms with Crippen molar-refractivity contribution in [3.63, 3.8) is 0 Å². The molecule has 30 heavy (non-hydrogen) atoms. The van der Waals surface area contributed by atoms with Gasteiger partial charge in [-0.05, 0) is 48.0 Å². The molecule has 2 atom stereocenters. The number of anilines is 1. The smallest absolute Gasteiger partial charge is 0.213 e. The van der Waals surface area contributed by atoms with Crippen molar-refractivity contribution in [3.8, 4) is 5.75 Å². The summed E-state index contributed by atoms with van der Waals surface area (Å²) in [5.41, 5.74) is 5.52. The third-order valence-electron chi connectivity index (χ3n) is 5.62. The summed E-state index contributed by atoms with van der Waals surface area (Å²) in [4.78, 5) is 2.09. The third kappa shape index (κ3) is 3.46. The predicted octanol–water partition coefficient (Wildman–Crippen LogP) is 6.41. The summed E-state index contributed by atoms with van der Waals surface area (Å²) in [6, 6.07) is 22.7. The lowest BCUT2D eigenvalue weighted by Crippen LogP contribution is -2.33. The number of halogens is 2. The van der Waals surface area contributed by atoms with Crippen molar-refractivity contribution in [1.29, 1.82) is 0 Å². The van der Waals surface area contributed by atoms with E-state index in [1.807, 2.05) is 50.5 Å². The van der Waals surface area contributed by atoms with E-state index >= 15 is 0 Å². The second kappa shape index (κ2) is 7.64. The number of hydrazone groups is 1. The Hall–Kier alpha value is -2.50. The van der Waals surface area contributed by atoms with Gasteiger partial charge in [0.1, 0.15) is 5.75 Å². The minimum Gasteiger partial charge on any atom is -0.464 e. The standard InChI is InChI=1S/C24H21BrClN3O/c1-28(2)19-10-5-16(6-11-19)24-29-22(20-13-17(25)7-12-23(20)30-24)14-21(27-29)15-3-8-18(26)9-4-15/h3-13,22,24H,14H2,1-2H3. The average Bonchev–Trinajstić information content (AvgIpc) is 3.19. The number of nitrogens with zero attached hydrogens (tertiary/aromatic N) is 3. The highest BCUT2D eigenvalue weighted by atomic mass is 79.9. The van der Waals surface area contributed by atoms with E-state index in [1.54, 1.807) is 0 Å². The molecule has 0 spiro atoms. The number of hydrogen-bond acceptors (Lipinski definition) is 4. The monoisotopic (exact) mass is 481 g/mol. The molecule has 0 fully saturated rings. The van der Waals surface area contributed by atoms with Gasteiger partial charge in [-0.3, -0.25) is 0 Å². The van der Waals surface area contributed by atoms with Gasteiger partial charge in [0, 0.05) is 46.8 Å². The van der Waals surface area contributed by atoms with Crippen LogP contribution >= 0.6 is 27.5 Å². The highest BCUT2D eigenvalue weighted by molar-refractivity contribution is 9.10. The minimum absolute atomic E-state index is 0.121. The molecule has 0 bridgehead atoms. The molecular weight excluding hydrogens is 462 g/mol. The second-order valence-electron chi connectivity index (χ2n) is 7.79. The van der Waals surface area contributed by atoms with Gasteiger partial charge in [0.25, 0.3) is 0 Å². The lowest BCUT2D eigenvalue weighted by atomic mass is 9.96. The first-order valence-corrected chi connectivity index (χ1v) is 11.0. The van der Waals surface area contributed by atoms with Crippen LogP contribution in [0.1, 0.15) is 35.4 Å². The maximum Gasteiger partial charge on any atom is 0.213 e. The molecule has 0 aliphatic carbocycles. The molecule has 0 N–H and O–H groups in total. The molecule has 0 saturated carbocycles. The van der Waals surface area contributed by atoms with Gasteiger partial charge in [0.05, 0.1) is 11.8 Å². The summed E-state index contributed by atoms with van der Waals surface area (Å²) in [7, 11) is 4.08. The molecule has 3 aromatic carbocycles. The Morgan fingerprint density at radius 1 is 1.03 bits per heavy atom. The molecule has 0 radical (unpaired) electrons. The van der Waals surface area contributed by atoms with Crippen molar-refractivity contribution in [1.82, 2.24) is 5.01 Å². The van der Waals surface area contributed by atoms with Crippen LogP contribution in [0, 0.1) is 0 Å². The van der Waals surface area contributed by atoms with Crippen LogP contribution in [-0.4, -0.2) is 24.8 Å². The van der Waals surface area contributed by atoms with E-state index in [0.717, 1.165) is 49.8 Å². The van der Waals surface area contributed by atoms with E-state index in [0.29, 0.717) is 0 Å². The number of fused-ring (bicyclic) bond motifs is 3. The molecule has 0 aromatic heterocycles. The summed E-state index contributed by atoms with van der Waals surface area (Å²) in [5.74, 6) is 0.911. The molecule has 2 unspecified atom stereocenters. The van der Waals surface area contributed by atoms with E-state index in [-0.39, 0.29) is 12.3 Å². The normalized spacial score (nSPS) is 19.6. The van der Waals surface area contributed by atoms with Crippen molar-refractivity contribution in [2.75, 3.05) is 19.0 Å². The van der Waals surface area contributed by atoms with Crippen LogP contribution < -0.4 is 9.64 Å². The predicted molar refractivity (Wildman–Crippen MR) is 125 cm³/mol. The Labute approximate surface area is 189 Å². The molecule has 0 saturated heterocycles. The SMILES string of the molecule is CN(C)c1ccc(C2Oc3ccc(Br)cc3C3CC(c4ccc(Cl)cc4)=NN32)cc1. The van der Waals surface area contributed by atoms with Gasteiger partial charge < -0.3 is 9.64 Å². The zero-order chi connectivity index (χ0) is 20.8.